The number of amides is 1. The molecule has 0 atom stereocenters. The van der Waals surface area contributed by atoms with Gasteiger partial charge < -0.3 is 10.1 Å². The number of hydrogen-bond donors (Lipinski definition) is 1. The Balaban J connectivity index is 2.52. The number of nitrogens with one attached hydrogen (secondary N) is 1. The molecule has 0 aliphatic rings. The van der Waals surface area contributed by atoms with Crippen LogP contribution in [0, 0.1) is 11.6 Å². The molecule has 0 fully saturated rings. The molecule has 0 saturated heterocycles. The Hall–Kier alpha value is -1.98. The Morgan fingerprint density at radius 1 is 1.22 bits per heavy atom. The lowest BCUT2D eigenvalue weighted by Crippen LogP contribution is -2.16. The van der Waals surface area contributed by atoms with E-state index in [1.165, 1.54) is 6.07 Å². The minimum Gasteiger partial charge on any atom is -0.466 e. The number of carbonyl (C=O) groups excluding carboxylic acids is 2. The molecular weight excluding hydrogens is 244 g/mol. The predicted octanol–water partition coefficient (Wildman–Crippen LogP) is 2.25. The van der Waals surface area contributed by atoms with Crippen LogP contribution >= 0.6 is 0 Å². The van der Waals surface area contributed by atoms with Crippen molar-refractivity contribution in [3.05, 3.63) is 29.8 Å². The molecule has 1 amide bonds. The fourth-order valence-electron chi connectivity index (χ4n) is 1.27. The van der Waals surface area contributed by atoms with Crippen molar-refractivity contribution in [1.82, 2.24) is 0 Å². The summed E-state index contributed by atoms with van der Waals surface area (Å²) >= 11 is 0. The van der Waals surface area contributed by atoms with Gasteiger partial charge in [-0.1, -0.05) is 6.07 Å². The second-order valence-electron chi connectivity index (χ2n) is 3.45. The van der Waals surface area contributed by atoms with Gasteiger partial charge in [0, 0.05) is 6.42 Å². The number of benzene rings is 1. The summed E-state index contributed by atoms with van der Waals surface area (Å²) in [6, 6.07) is 3.26. The quantitative estimate of drug-likeness (QED) is 0.823. The van der Waals surface area contributed by atoms with Crippen molar-refractivity contribution in [2.75, 3.05) is 11.9 Å². The highest BCUT2D eigenvalue weighted by Crippen LogP contribution is 2.18. The molecule has 0 aliphatic carbocycles. The zero-order chi connectivity index (χ0) is 13.5. The number of rotatable bonds is 5. The zero-order valence-electron chi connectivity index (χ0n) is 9.83. The third-order valence-electron chi connectivity index (χ3n) is 2.09. The summed E-state index contributed by atoms with van der Waals surface area (Å²) < 4.78 is 31.0. The first-order valence-corrected chi connectivity index (χ1v) is 5.44. The maximum Gasteiger partial charge on any atom is 0.306 e. The molecule has 6 heteroatoms. The van der Waals surface area contributed by atoms with E-state index in [0.717, 1.165) is 12.1 Å². The number of halogens is 2. The standard InChI is InChI=1S/C12H13F2NO3/c1-2-18-11(17)7-6-10(16)15-12-8(13)4-3-5-9(12)14/h3-5H,2,6-7H2,1H3,(H,15,16). The summed E-state index contributed by atoms with van der Waals surface area (Å²) in [4.78, 5) is 22.4. The summed E-state index contributed by atoms with van der Waals surface area (Å²) in [7, 11) is 0. The second kappa shape index (κ2) is 6.68. The van der Waals surface area contributed by atoms with Crippen LogP contribution in [0.3, 0.4) is 0 Å². The molecule has 18 heavy (non-hydrogen) atoms. The van der Waals surface area contributed by atoms with Crippen molar-refractivity contribution in [2.45, 2.75) is 19.8 Å². The number of ether oxygens (including phenoxy) is 1. The van der Waals surface area contributed by atoms with Crippen LogP contribution in [0.25, 0.3) is 0 Å². The fraction of sp³-hybridized carbons (Fsp3) is 0.333. The third-order valence-corrected chi connectivity index (χ3v) is 2.09. The van der Waals surface area contributed by atoms with Gasteiger partial charge in [-0.15, -0.1) is 0 Å². The van der Waals surface area contributed by atoms with E-state index in [4.69, 9.17) is 0 Å². The zero-order valence-corrected chi connectivity index (χ0v) is 9.83. The van der Waals surface area contributed by atoms with E-state index in [2.05, 4.69) is 10.1 Å². The first-order chi connectivity index (χ1) is 8.54. The van der Waals surface area contributed by atoms with E-state index < -0.39 is 29.2 Å². The van der Waals surface area contributed by atoms with Crippen LogP contribution in [-0.2, 0) is 14.3 Å². The van der Waals surface area contributed by atoms with Gasteiger partial charge in [0.2, 0.25) is 5.91 Å². The lowest BCUT2D eigenvalue weighted by atomic mass is 10.2. The average Bonchev–Trinajstić information content (AvgIpc) is 2.32. The van der Waals surface area contributed by atoms with Crippen molar-refractivity contribution >= 4 is 17.6 Å². The molecule has 0 heterocycles. The molecule has 0 spiro atoms. The van der Waals surface area contributed by atoms with Crippen molar-refractivity contribution in [1.29, 1.82) is 0 Å². The monoisotopic (exact) mass is 257 g/mol. The molecule has 0 aromatic heterocycles. The lowest BCUT2D eigenvalue weighted by molar-refractivity contribution is -0.144. The molecule has 1 rings (SSSR count). The van der Waals surface area contributed by atoms with E-state index in [1.54, 1.807) is 6.92 Å². The number of anilines is 1. The first kappa shape index (κ1) is 14.1. The molecule has 0 saturated carbocycles. The van der Waals surface area contributed by atoms with Crippen molar-refractivity contribution in [3.8, 4) is 0 Å². The molecule has 1 aromatic carbocycles. The topological polar surface area (TPSA) is 55.4 Å². The second-order valence-corrected chi connectivity index (χ2v) is 3.45. The van der Waals surface area contributed by atoms with Crippen LogP contribution in [0.2, 0.25) is 0 Å². The van der Waals surface area contributed by atoms with Crippen LogP contribution < -0.4 is 5.32 Å². The summed E-state index contributed by atoms with van der Waals surface area (Å²) in [6.45, 7) is 1.87. The number of hydrogen-bond acceptors (Lipinski definition) is 3. The summed E-state index contributed by atoms with van der Waals surface area (Å²) in [6.07, 6.45) is -0.317. The molecule has 0 unspecified atom stereocenters. The highest BCUT2D eigenvalue weighted by Gasteiger charge is 2.13. The van der Waals surface area contributed by atoms with Gasteiger partial charge in [0.05, 0.1) is 13.0 Å². The largest absolute Gasteiger partial charge is 0.466 e. The highest BCUT2D eigenvalue weighted by molar-refractivity contribution is 5.92. The summed E-state index contributed by atoms with van der Waals surface area (Å²) in [5.41, 5.74) is -0.508. The minimum absolute atomic E-state index is 0.129. The first-order valence-electron chi connectivity index (χ1n) is 5.44. The lowest BCUT2D eigenvalue weighted by Gasteiger charge is -2.07. The molecular formula is C12H13F2NO3. The molecule has 98 valence electrons. The predicted molar refractivity (Wildman–Crippen MR) is 60.9 cm³/mol. The maximum atomic E-state index is 13.2. The Bertz CT molecular complexity index is 429. The van der Waals surface area contributed by atoms with Crippen LogP contribution in [0.1, 0.15) is 19.8 Å². The molecule has 0 bridgehead atoms. The average molecular weight is 257 g/mol. The van der Waals surface area contributed by atoms with Crippen LogP contribution in [-0.4, -0.2) is 18.5 Å². The van der Waals surface area contributed by atoms with Gasteiger partial charge in [0.25, 0.3) is 0 Å². The number of para-hydroxylation sites is 1. The fourth-order valence-corrected chi connectivity index (χ4v) is 1.27. The smallest absolute Gasteiger partial charge is 0.306 e. The van der Waals surface area contributed by atoms with E-state index in [9.17, 15) is 18.4 Å². The van der Waals surface area contributed by atoms with Gasteiger partial charge >= 0.3 is 5.97 Å². The van der Waals surface area contributed by atoms with Gasteiger partial charge in [0.15, 0.2) is 0 Å². The molecule has 4 nitrogen and oxygen atoms in total. The molecule has 1 aromatic rings. The van der Waals surface area contributed by atoms with E-state index in [0.29, 0.717) is 0 Å². The third kappa shape index (κ3) is 4.12. The van der Waals surface area contributed by atoms with Crippen molar-refractivity contribution in [3.63, 3.8) is 0 Å². The van der Waals surface area contributed by atoms with Gasteiger partial charge in [-0.3, -0.25) is 9.59 Å². The Kier molecular flexibility index (Phi) is 5.23. The Morgan fingerprint density at radius 2 is 1.83 bits per heavy atom. The van der Waals surface area contributed by atoms with Crippen molar-refractivity contribution in [2.24, 2.45) is 0 Å². The molecule has 0 radical (unpaired) electrons. The van der Waals surface area contributed by atoms with Crippen molar-refractivity contribution < 1.29 is 23.1 Å². The molecule has 1 N–H and O–H groups in total. The Labute approximate surface area is 103 Å². The van der Waals surface area contributed by atoms with Gasteiger partial charge in [-0.2, -0.15) is 0 Å². The van der Waals surface area contributed by atoms with Crippen LogP contribution in [0.15, 0.2) is 18.2 Å². The van der Waals surface area contributed by atoms with Crippen LogP contribution in [0.5, 0.6) is 0 Å². The van der Waals surface area contributed by atoms with Crippen LogP contribution in [0.4, 0.5) is 14.5 Å². The van der Waals surface area contributed by atoms with E-state index in [-0.39, 0.29) is 19.4 Å². The van der Waals surface area contributed by atoms with Gasteiger partial charge in [-0.25, -0.2) is 8.78 Å². The SMILES string of the molecule is CCOC(=O)CCC(=O)Nc1c(F)cccc1F. The van der Waals surface area contributed by atoms with E-state index >= 15 is 0 Å². The number of esters is 1. The maximum absolute atomic E-state index is 13.2. The van der Waals surface area contributed by atoms with E-state index in [1.807, 2.05) is 0 Å². The van der Waals surface area contributed by atoms with Gasteiger partial charge in [-0.05, 0) is 19.1 Å². The molecule has 0 aliphatic heterocycles. The summed E-state index contributed by atoms with van der Waals surface area (Å²) in [5.74, 6) is -2.90. The summed E-state index contributed by atoms with van der Waals surface area (Å²) in [5, 5.41) is 2.08. The number of carbonyl (C=O) groups is 2. The minimum atomic E-state index is -0.862. The van der Waals surface area contributed by atoms with Gasteiger partial charge in [0.1, 0.15) is 17.3 Å². The Morgan fingerprint density at radius 3 is 2.39 bits per heavy atom. The highest BCUT2D eigenvalue weighted by atomic mass is 19.1. The normalized spacial score (nSPS) is 9.94.